The van der Waals surface area contributed by atoms with E-state index in [1.54, 1.807) is 0 Å². The van der Waals surface area contributed by atoms with Crippen molar-refractivity contribution in [1.29, 1.82) is 0 Å². The fourth-order valence-corrected chi connectivity index (χ4v) is 1.21. The molecule has 1 heterocycles. The molecule has 0 fully saturated rings. The number of hydrogen-bond acceptors (Lipinski definition) is 4. The molecule has 7 nitrogen and oxygen atoms in total. The van der Waals surface area contributed by atoms with Crippen LogP contribution in [-0.2, 0) is 4.79 Å². The summed E-state index contributed by atoms with van der Waals surface area (Å²) in [6.07, 6.45) is 1.20. The third-order valence-electron chi connectivity index (χ3n) is 2.06. The van der Waals surface area contributed by atoms with E-state index in [0.29, 0.717) is 0 Å². The molecular weight excluding hydrogens is 228 g/mol. The van der Waals surface area contributed by atoms with Crippen LogP contribution in [-0.4, -0.2) is 39.7 Å². The Kier molecular flexibility index (Phi) is 4.41. The first kappa shape index (κ1) is 12.9. The van der Waals surface area contributed by atoms with Gasteiger partial charge in [-0.1, -0.05) is 0 Å². The molecule has 92 valence electrons. The van der Waals surface area contributed by atoms with Crippen molar-refractivity contribution in [3.63, 3.8) is 0 Å². The molecule has 1 atom stereocenters. The summed E-state index contributed by atoms with van der Waals surface area (Å²) in [6.45, 7) is -0.355. The standard InChI is InChI=1S/C10H12N2O5/c13-4-2-7(10(16)17)12-9(15)6-1-3-11-8(14)5-6/h1,3,5,7,13H,2,4H2,(H,11,14)(H,12,15)(H,16,17)/t7-/m0/s1. The highest BCUT2D eigenvalue weighted by atomic mass is 16.4. The molecule has 0 aliphatic carbocycles. The van der Waals surface area contributed by atoms with Crippen molar-refractivity contribution in [2.45, 2.75) is 12.5 Å². The average Bonchev–Trinajstić information content (AvgIpc) is 2.28. The normalized spacial score (nSPS) is 11.8. The van der Waals surface area contributed by atoms with Crippen molar-refractivity contribution in [2.24, 2.45) is 0 Å². The lowest BCUT2D eigenvalue weighted by Gasteiger charge is -2.12. The molecule has 17 heavy (non-hydrogen) atoms. The minimum absolute atomic E-state index is 0.0675. The van der Waals surface area contributed by atoms with Crippen LogP contribution in [0.15, 0.2) is 23.1 Å². The second-order valence-electron chi connectivity index (χ2n) is 3.32. The van der Waals surface area contributed by atoms with E-state index in [0.717, 1.165) is 6.07 Å². The van der Waals surface area contributed by atoms with Crippen LogP contribution >= 0.6 is 0 Å². The fourth-order valence-electron chi connectivity index (χ4n) is 1.21. The van der Waals surface area contributed by atoms with Crippen molar-refractivity contribution in [3.05, 3.63) is 34.2 Å². The summed E-state index contributed by atoms with van der Waals surface area (Å²) in [5.41, 5.74) is -0.385. The topological polar surface area (TPSA) is 119 Å². The quantitative estimate of drug-likeness (QED) is 0.523. The first-order chi connectivity index (χ1) is 8.04. The Morgan fingerprint density at radius 1 is 1.47 bits per heavy atom. The molecule has 1 rings (SSSR count). The predicted molar refractivity (Wildman–Crippen MR) is 57.7 cm³/mol. The molecule has 0 bridgehead atoms. The summed E-state index contributed by atoms with van der Waals surface area (Å²) in [5, 5.41) is 19.6. The number of carbonyl (C=O) groups excluding carboxylic acids is 1. The summed E-state index contributed by atoms with van der Waals surface area (Å²) in [4.78, 5) is 35.6. The molecule has 0 spiro atoms. The van der Waals surface area contributed by atoms with Gasteiger partial charge in [-0.15, -0.1) is 0 Å². The molecule has 0 aliphatic heterocycles. The zero-order valence-electron chi connectivity index (χ0n) is 8.84. The lowest BCUT2D eigenvalue weighted by molar-refractivity contribution is -0.139. The maximum atomic E-state index is 11.6. The first-order valence-electron chi connectivity index (χ1n) is 4.88. The minimum Gasteiger partial charge on any atom is -0.480 e. The van der Waals surface area contributed by atoms with Gasteiger partial charge in [-0.05, 0) is 6.07 Å². The zero-order valence-corrected chi connectivity index (χ0v) is 8.84. The van der Waals surface area contributed by atoms with Gasteiger partial charge in [0.25, 0.3) is 5.91 Å². The van der Waals surface area contributed by atoms with Gasteiger partial charge < -0.3 is 20.5 Å². The molecule has 1 aromatic rings. The van der Waals surface area contributed by atoms with Crippen LogP contribution in [0.5, 0.6) is 0 Å². The van der Waals surface area contributed by atoms with Crippen molar-refractivity contribution in [3.8, 4) is 0 Å². The van der Waals surface area contributed by atoms with Crippen molar-refractivity contribution in [2.75, 3.05) is 6.61 Å². The smallest absolute Gasteiger partial charge is 0.326 e. The van der Waals surface area contributed by atoms with Crippen LogP contribution in [0, 0.1) is 0 Å². The third-order valence-corrected chi connectivity index (χ3v) is 2.06. The third kappa shape index (κ3) is 3.72. The zero-order chi connectivity index (χ0) is 12.8. The van der Waals surface area contributed by atoms with Crippen LogP contribution in [0.25, 0.3) is 0 Å². The Balaban J connectivity index is 2.77. The highest BCUT2D eigenvalue weighted by Crippen LogP contribution is 1.97. The molecule has 7 heteroatoms. The van der Waals surface area contributed by atoms with Gasteiger partial charge in [0.05, 0.1) is 0 Å². The summed E-state index contributed by atoms with van der Waals surface area (Å²) < 4.78 is 0. The molecule has 0 radical (unpaired) electrons. The lowest BCUT2D eigenvalue weighted by atomic mass is 10.2. The molecule has 1 amide bonds. The van der Waals surface area contributed by atoms with E-state index in [1.165, 1.54) is 12.3 Å². The summed E-state index contributed by atoms with van der Waals surface area (Å²) in [6, 6.07) is 1.24. The Bertz CT molecular complexity index is 468. The molecule has 4 N–H and O–H groups in total. The van der Waals surface area contributed by atoms with E-state index in [2.05, 4.69) is 10.3 Å². The van der Waals surface area contributed by atoms with E-state index >= 15 is 0 Å². The van der Waals surface area contributed by atoms with E-state index in [9.17, 15) is 14.4 Å². The SMILES string of the molecule is O=C(N[C@@H](CCO)C(=O)O)c1cc[nH]c(=O)c1. The van der Waals surface area contributed by atoms with Gasteiger partial charge >= 0.3 is 5.97 Å². The van der Waals surface area contributed by atoms with Gasteiger partial charge in [-0.25, -0.2) is 4.79 Å². The molecular formula is C10H12N2O5. The number of nitrogens with one attached hydrogen (secondary N) is 2. The summed E-state index contributed by atoms with van der Waals surface area (Å²) in [5.74, 6) is -1.91. The number of hydrogen-bond donors (Lipinski definition) is 4. The number of aliphatic hydroxyl groups is 1. The minimum atomic E-state index is -1.24. The number of carboxylic acids is 1. The number of amides is 1. The molecule has 0 saturated carbocycles. The number of aromatic amines is 1. The average molecular weight is 240 g/mol. The van der Waals surface area contributed by atoms with Crippen LogP contribution in [0.1, 0.15) is 16.8 Å². The largest absolute Gasteiger partial charge is 0.480 e. The van der Waals surface area contributed by atoms with E-state index < -0.39 is 23.5 Å². The number of aromatic nitrogens is 1. The van der Waals surface area contributed by atoms with Gasteiger partial charge in [0.2, 0.25) is 5.56 Å². The van der Waals surface area contributed by atoms with Crippen LogP contribution in [0.2, 0.25) is 0 Å². The number of carboxylic acid groups (broad SMARTS) is 1. The highest BCUT2D eigenvalue weighted by Gasteiger charge is 2.19. The Morgan fingerprint density at radius 3 is 2.71 bits per heavy atom. The van der Waals surface area contributed by atoms with Crippen LogP contribution in [0.3, 0.4) is 0 Å². The highest BCUT2D eigenvalue weighted by molar-refractivity contribution is 5.96. The second kappa shape index (κ2) is 5.80. The molecule has 1 aromatic heterocycles. The number of aliphatic carboxylic acids is 1. The fraction of sp³-hybridized carbons (Fsp3) is 0.300. The van der Waals surface area contributed by atoms with Crippen molar-refractivity contribution >= 4 is 11.9 Å². The number of rotatable bonds is 5. The van der Waals surface area contributed by atoms with E-state index in [-0.39, 0.29) is 18.6 Å². The van der Waals surface area contributed by atoms with Gasteiger partial charge in [-0.2, -0.15) is 0 Å². The lowest BCUT2D eigenvalue weighted by Crippen LogP contribution is -2.41. The maximum absolute atomic E-state index is 11.6. The number of H-pyrrole nitrogens is 1. The Labute approximate surface area is 96.1 Å². The van der Waals surface area contributed by atoms with Gasteiger partial charge in [0.1, 0.15) is 6.04 Å². The Hall–Kier alpha value is -2.15. The number of pyridine rings is 1. The van der Waals surface area contributed by atoms with Crippen LogP contribution < -0.4 is 10.9 Å². The molecule has 0 aromatic carbocycles. The van der Waals surface area contributed by atoms with E-state index in [4.69, 9.17) is 10.2 Å². The molecule has 0 unspecified atom stereocenters. The summed E-state index contributed by atoms with van der Waals surface area (Å²) in [7, 11) is 0. The van der Waals surface area contributed by atoms with Gasteiger partial charge in [-0.3, -0.25) is 9.59 Å². The number of aliphatic hydroxyl groups excluding tert-OH is 1. The Morgan fingerprint density at radius 2 is 2.18 bits per heavy atom. The second-order valence-corrected chi connectivity index (χ2v) is 3.32. The van der Waals surface area contributed by atoms with Crippen molar-refractivity contribution < 1.29 is 19.8 Å². The molecule has 0 saturated heterocycles. The van der Waals surface area contributed by atoms with E-state index in [1.807, 2.05) is 0 Å². The number of carbonyl (C=O) groups is 2. The predicted octanol–water partition coefficient (Wildman–Crippen LogP) is -1.06. The molecule has 0 aliphatic rings. The monoisotopic (exact) mass is 240 g/mol. The maximum Gasteiger partial charge on any atom is 0.326 e. The van der Waals surface area contributed by atoms with Crippen molar-refractivity contribution in [1.82, 2.24) is 10.3 Å². The first-order valence-corrected chi connectivity index (χ1v) is 4.88. The van der Waals surface area contributed by atoms with Gasteiger partial charge in [0.15, 0.2) is 0 Å². The van der Waals surface area contributed by atoms with Gasteiger partial charge in [0, 0.05) is 30.9 Å². The summed E-state index contributed by atoms with van der Waals surface area (Å²) >= 11 is 0. The van der Waals surface area contributed by atoms with Crippen LogP contribution in [0.4, 0.5) is 0 Å².